The summed E-state index contributed by atoms with van der Waals surface area (Å²) in [5, 5.41) is 12.0. The monoisotopic (exact) mass is 374 g/mol. The number of hydrogen-bond donors (Lipinski definition) is 1. The minimum atomic E-state index is 0.609. The Balaban J connectivity index is 1.64. The highest BCUT2D eigenvalue weighted by atomic mass is 16.5. The van der Waals surface area contributed by atoms with Crippen molar-refractivity contribution in [1.82, 2.24) is 25.0 Å². The van der Waals surface area contributed by atoms with Gasteiger partial charge in [-0.05, 0) is 23.3 Å². The predicted octanol–water partition coefficient (Wildman–Crippen LogP) is 3.45. The van der Waals surface area contributed by atoms with E-state index in [1.807, 2.05) is 54.1 Å². The number of aryl methyl sites for hydroxylation is 1. The van der Waals surface area contributed by atoms with Crippen LogP contribution in [0.3, 0.4) is 0 Å². The van der Waals surface area contributed by atoms with E-state index in [1.54, 1.807) is 7.11 Å². The molecule has 2 aromatic carbocycles. The lowest BCUT2D eigenvalue weighted by Gasteiger charge is -2.09. The largest absolute Gasteiger partial charge is 0.497 e. The Labute approximate surface area is 163 Å². The second-order valence-corrected chi connectivity index (χ2v) is 6.45. The molecular formula is C21H22N6O. The Bertz CT molecular complexity index is 1080. The van der Waals surface area contributed by atoms with Gasteiger partial charge in [0.2, 0.25) is 0 Å². The summed E-state index contributed by atoms with van der Waals surface area (Å²) in [7, 11) is 1.67. The minimum absolute atomic E-state index is 0.609. The molecular weight excluding hydrogens is 352 g/mol. The number of rotatable bonds is 7. The first-order valence-corrected chi connectivity index (χ1v) is 9.27. The number of nitrogens with zero attached hydrogens (tertiary/aromatic N) is 5. The normalized spacial score (nSPS) is 10.9. The van der Waals surface area contributed by atoms with E-state index >= 15 is 0 Å². The third-order valence-electron chi connectivity index (χ3n) is 4.49. The molecule has 4 rings (SSSR count). The van der Waals surface area contributed by atoms with Crippen molar-refractivity contribution in [1.29, 1.82) is 0 Å². The van der Waals surface area contributed by atoms with E-state index < -0.39 is 0 Å². The highest BCUT2D eigenvalue weighted by Gasteiger charge is 2.14. The van der Waals surface area contributed by atoms with Gasteiger partial charge in [-0.15, -0.1) is 5.10 Å². The van der Waals surface area contributed by atoms with Gasteiger partial charge in [-0.25, -0.2) is 14.6 Å². The van der Waals surface area contributed by atoms with Crippen LogP contribution in [0.4, 0.5) is 5.82 Å². The molecule has 0 aliphatic carbocycles. The fourth-order valence-corrected chi connectivity index (χ4v) is 3.01. The maximum absolute atomic E-state index is 5.29. The number of aromatic nitrogens is 5. The van der Waals surface area contributed by atoms with Crippen LogP contribution >= 0.6 is 0 Å². The van der Waals surface area contributed by atoms with Crippen LogP contribution in [0, 0.1) is 0 Å². The second-order valence-electron chi connectivity index (χ2n) is 6.45. The molecule has 0 saturated heterocycles. The predicted molar refractivity (Wildman–Crippen MR) is 108 cm³/mol. The van der Waals surface area contributed by atoms with Gasteiger partial charge < -0.3 is 10.1 Å². The van der Waals surface area contributed by atoms with Crippen molar-refractivity contribution < 1.29 is 4.74 Å². The molecule has 28 heavy (non-hydrogen) atoms. The molecule has 0 aliphatic heterocycles. The van der Waals surface area contributed by atoms with E-state index in [0.717, 1.165) is 34.8 Å². The van der Waals surface area contributed by atoms with Crippen molar-refractivity contribution in [3.05, 3.63) is 71.5 Å². The first-order chi connectivity index (χ1) is 13.8. The number of methoxy groups -OCH3 is 1. The zero-order chi connectivity index (χ0) is 19.3. The summed E-state index contributed by atoms with van der Waals surface area (Å²) in [6, 6.07) is 18.1. The van der Waals surface area contributed by atoms with E-state index in [4.69, 9.17) is 4.74 Å². The fraction of sp³-hybridized carbons (Fsp3) is 0.238. The molecule has 0 unspecified atom stereocenters. The summed E-state index contributed by atoms with van der Waals surface area (Å²) in [6.45, 7) is 3.27. The van der Waals surface area contributed by atoms with Gasteiger partial charge in [0, 0.05) is 13.0 Å². The molecule has 7 nitrogen and oxygen atoms in total. The van der Waals surface area contributed by atoms with Gasteiger partial charge in [0.25, 0.3) is 0 Å². The summed E-state index contributed by atoms with van der Waals surface area (Å²) >= 11 is 0. The summed E-state index contributed by atoms with van der Waals surface area (Å²) < 4.78 is 7.12. The molecule has 4 aromatic rings. The number of anilines is 1. The van der Waals surface area contributed by atoms with Crippen molar-refractivity contribution >= 4 is 17.0 Å². The summed E-state index contributed by atoms with van der Waals surface area (Å²) in [5.74, 6) is 2.29. The fourth-order valence-electron chi connectivity index (χ4n) is 3.01. The van der Waals surface area contributed by atoms with Gasteiger partial charge in [0.05, 0.1) is 13.7 Å². The van der Waals surface area contributed by atoms with E-state index in [9.17, 15) is 0 Å². The number of benzene rings is 2. The molecule has 2 aromatic heterocycles. The van der Waals surface area contributed by atoms with Crippen LogP contribution in [0.2, 0.25) is 0 Å². The van der Waals surface area contributed by atoms with Crippen LogP contribution in [0.1, 0.15) is 23.9 Å². The number of fused-ring (bicyclic) bond motifs is 1. The maximum Gasteiger partial charge on any atom is 0.184 e. The average Bonchev–Trinajstić information content (AvgIpc) is 3.15. The quantitative estimate of drug-likeness (QED) is 0.534. The molecule has 0 saturated carbocycles. The van der Waals surface area contributed by atoms with E-state index in [1.165, 1.54) is 0 Å². The van der Waals surface area contributed by atoms with Crippen molar-refractivity contribution in [2.24, 2.45) is 0 Å². The summed E-state index contributed by atoms with van der Waals surface area (Å²) in [5.41, 5.74) is 3.66. The highest BCUT2D eigenvalue weighted by Crippen LogP contribution is 2.20. The van der Waals surface area contributed by atoms with E-state index in [-0.39, 0.29) is 0 Å². The Morgan fingerprint density at radius 3 is 2.61 bits per heavy atom. The van der Waals surface area contributed by atoms with E-state index in [0.29, 0.717) is 24.4 Å². The number of nitrogens with one attached hydrogen (secondary N) is 1. The molecule has 0 radical (unpaired) electrons. The maximum atomic E-state index is 5.29. The summed E-state index contributed by atoms with van der Waals surface area (Å²) in [6.07, 6.45) is 0.736. The first-order valence-electron chi connectivity index (χ1n) is 9.27. The number of hydrogen-bond acceptors (Lipinski definition) is 6. The molecule has 1 N–H and O–H groups in total. The molecule has 0 spiro atoms. The molecule has 7 heteroatoms. The molecule has 2 heterocycles. The van der Waals surface area contributed by atoms with Gasteiger partial charge in [-0.2, -0.15) is 0 Å². The van der Waals surface area contributed by atoms with Gasteiger partial charge >= 0.3 is 0 Å². The van der Waals surface area contributed by atoms with Gasteiger partial charge in [0.1, 0.15) is 11.6 Å². The molecule has 0 fully saturated rings. The lowest BCUT2D eigenvalue weighted by Crippen LogP contribution is -2.07. The Morgan fingerprint density at radius 1 is 1.00 bits per heavy atom. The Hall–Kier alpha value is -3.48. The molecule has 0 atom stereocenters. The van der Waals surface area contributed by atoms with Crippen molar-refractivity contribution in [3.8, 4) is 5.75 Å². The third kappa shape index (κ3) is 3.78. The van der Waals surface area contributed by atoms with Crippen molar-refractivity contribution in [2.45, 2.75) is 26.4 Å². The zero-order valence-electron chi connectivity index (χ0n) is 16.0. The SMILES string of the molecule is CCc1nc(NCc2cccc(OC)c2)c2nnn(Cc3ccccc3)c2n1. The van der Waals surface area contributed by atoms with E-state index in [2.05, 4.69) is 37.7 Å². The third-order valence-corrected chi connectivity index (χ3v) is 4.49. The molecule has 142 valence electrons. The molecule has 0 aliphatic rings. The lowest BCUT2D eigenvalue weighted by molar-refractivity contribution is 0.414. The second kappa shape index (κ2) is 8.04. The van der Waals surface area contributed by atoms with Crippen LogP contribution in [-0.2, 0) is 19.5 Å². The average molecular weight is 374 g/mol. The van der Waals surface area contributed by atoms with Gasteiger partial charge in [-0.3, -0.25) is 0 Å². The minimum Gasteiger partial charge on any atom is -0.497 e. The topological polar surface area (TPSA) is 77.8 Å². The first kappa shape index (κ1) is 17.9. The van der Waals surface area contributed by atoms with Crippen LogP contribution in [-0.4, -0.2) is 32.1 Å². The van der Waals surface area contributed by atoms with Crippen LogP contribution < -0.4 is 10.1 Å². The lowest BCUT2D eigenvalue weighted by atomic mass is 10.2. The number of ether oxygens (including phenoxy) is 1. The van der Waals surface area contributed by atoms with Gasteiger partial charge in [-0.1, -0.05) is 54.6 Å². The zero-order valence-corrected chi connectivity index (χ0v) is 16.0. The van der Waals surface area contributed by atoms with Crippen molar-refractivity contribution in [2.75, 3.05) is 12.4 Å². The Morgan fingerprint density at radius 2 is 1.82 bits per heavy atom. The van der Waals surface area contributed by atoms with Crippen LogP contribution in [0.5, 0.6) is 5.75 Å². The van der Waals surface area contributed by atoms with Crippen LogP contribution in [0.15, 0.2) is 54.6 Å². The van der Waals surface area contributed by atoms with Crippen LogP contribution in [0.25, 0.3) is 11.2 Å². The van der Waals surface area contributed by atoms with Crippen molar-refractivity contribution in [3.63, 3.8) is 0 Å². The Kier molecular flexibility index (Phi) is 5.14. The standard InChI is InChI=1S/C21H22N6O/c1-3-18-23-20(22-13-16-10-7-11-17(12-16)28-2)19-21(24-18)27(26-25-19)14-15-8-5-4-6-9-15/h4-12H,3,13-14H2,1-2H3,(H,22,23,24). The summed E-state index contributed by atoms with van der Waals surface area (Å²) in [4.78, 5) is 9.29. The highest BCUT2D eigenvalue weighted by molar-refractivity contribution is 5.82. The van der Waals surface area contributed by atoms with Gasteiger partial charge in [0.15, 0.2) is 17.0 Å². The molecule has 0 amide bonds. The molecule has 0 bridgehead atoms. The smallest absolute Gasteiger partial charge is 0.184 e.